The van der Waals surface area contributed by atoms with Crippen LogP contribution in [0.1, 0.15) is 17.3 Å². The van der Waals surface area contributed by atoms with Crippen LogP contribution in [0, 0.1) is 0 Å². The standard InChI is InChI=1S/C13H18BNO6/c1-9(13(17)15-6-7-20-2)21-12-5-3-4-11(14(18)19)10(12)8-16/h3-5,8-9,18-19H,6-7H2,1-2H3,(H,15,17). The Kier molecular flexibility index (Phi) is 6.87. The second-order valence-corrected chi connectivity index (χ2v) is 4.29. The Labute approximate surface area is 123 Å². The minimum absolute atomic E-state index is 0.00374. The molecule has 21 heavy (non-hydrogen) atoms. The SMILES string of the molecule is COCCNC(=O)C(C)Oc1cccc(B(O)O)c1C=O. The van der Waals surface area contributed by atoms with E-state index in [4.69, 9.17) is 9.47 Å². The highest BCUT2D eigenvalue weighted by Gasteiger charge is 2.21. The predicted molar refractivity (Wildman–Crippen MR) is 76.6 cm³/mol. The summed E-state index contributed by atoms with van der Waals surface area (Å²) in [5.41, 5.74) is 0.0264. The maximum atomic E-state index is 11.8. The molecule has 0 radical (unpaired) electrons. The number of benzene rings is 1. The van der Waals surface area contributed by atoms with Gasteiger partial charge in [-0.05, 0) is 18.5 Å². The minimum Gasteiger partial charge on any atom is -0.480 e. The van der Waals surface area contributed by atoms with Crippen molar-refractivity contribution in [3.05, 3.63) is 23.8 Å². The summed E-state index contributed by atoms with van der Waals surface area (Å²) in [7, 11) is -0.270. The van der Waals surface area contributed by atoms with Crippen molar-refractivity contribution < 1.29 is 29.1 Å². The van der Waals surface area contributed by atoms with Gasteiger partial charge in [-0.15, -0.1) is 0 Å². The van der Waals surface area contributed by atoms with Gasteiger partial charge in [-0.25, -0.2) is 0 Å². The molecule has 7 nitrogen and oxygen atoms in total. The molecule has 1 unspecified atom stereocenters. The third-order valence-corrected chi connectivity index (χ3v) is 2.77. The van der Waals surface area contributed by atoms with Gasteiger partial charge in [-0.2, -0.15) is 0 Å². The first-order chi connectivity index (χ1) is 10.0. The molecule has 0 saturated heterocycles. The van der Waals surface area contributed by atoms with Crippen molar-refractivity contribution in [2.24, 2.45) is 0 Å². The van der Waals surface area contributed by atoms with Crippen molar-refractivity contribution >= 4 is 24.8 Å². The van der Waals surface area contributed by atoms with Crippen molar-refractivity contribution in [2.45, 2.75) is 13.0 Å². The van der Waals surface area contributed by atoms with E-state index in [0.717, 1.165) is 0 Å². The van der Waals surface area contributed by atoms with E-state index in [0.29, 0.717) is 19.4 Å². The fourth-order valence-electron chi connectivity index (χ4n) is 1.68. The van der Waals surface area contributed by atoms with E-state index >= 15 is 0 Å². The molecule has 0 aliphatic carbocycles. The highest BCUT2D eigenvalue weighted by Crippen LogP contribution is 2.16. The zero-order chi connectivity index (χ0) is 15.8. The van der Waals surface area contributed by atoms with Crippen molar-refractivity contribution in [3.8, 4) is 5.75 Å². The highest BCUT2D eigenvalue weighted by molar-refractivity contribution is 6.60. The molecule has 3 N–H and O–H groups in total. The number of ether oxygens (including phenoxy) is 2. The topological polar surface area (TPSA) is 105 Å². The summed E-state index contributed by atoms with van der Waals surface area (Å²) in [6.45, 7) is 2.25. The average Bonchev–Trinajstić information content (AvgIpc) is 2.46. The molecule has 0 aliphatic rings. The first-order valence-electron chi connectivity index (χ1n) is 6.38. The number of rotatable bonds is 8. The molecule has 0 fully saturated rings. The first-order valence-corrected chi connectivity index (χ1v) is 6.38. The lowest BCUT2D eigenvalue weighted by atomic mass is 9.77. The van der Waals surface area contributed by atoms with E-state index < -0.39 is 13.2 Å². The number of aldehydes is 1. The molecule has 0 heterocycles. The molecular weight excluding hydrogens is 277 g/mol. The Bertz CT molecular complexity index is 494. The molecule has 1 aromatic carbocycles. The minimum atomic E-state index is -1.79. The zero-order valence-electron chi connectivity index (χ0n) is 11.9. The van der Waals surface area contributed by atoms with Crippen LogP contribution < -0.4 is 15.5 Å². The van der Waals surface area contributed by atoms with Crippen LogP contribution in [0.2, 0.25) is 0 Å². The van der Waals surface area contributed by atoms with E-state index in [1.807, 2.05) is 0 Å². The second kappa shape index (κ2) is 8.40. The van der Waals surface area contributed by atoms with Crippen LogP contribution in [-0.4, -0.2) is 55.7 Å². The van der Waals surface area contributed by atoms with Crippen LogP contribution in [-0.2, 0) is 9.53 Å². The van der Waals surface area contributed by atoms with Gasteiger partial charge in [0.15, 0.2) is 12.4 Å². The van der Waals surface area contributed by atoms with Gasteiger partial charge in [-0.1, -0.05) is 12.1 Å². The number of hydrogen-bond acceptors (Lipinski definition) is 6. The monoisotopic (exact) mass is 295 g/mol. The molecule has 1 amide bonds. The molecule has 1 aromatic rings. The molecule has 1 atom stereocenters. The molecule has 0 spiro atoms. The Balaban J connectivity index is 2.80. The Morgan fingerprint density at radius 2 is 2.19 bits per heavy atom. The molecule has 0 saturated carbocycles. The van der Waals surface area contributed by atoms with Crippen LogP contribution in [0.5, 0.6) is 5.75 Å². The lowest BCUT2D eigenvalue weighted by Gasteiger charge is -2.17. The Hall–Kier alpha value is -1.90. The predicted octanol–water partition coefficient (Wildman–Crippen LogP) is -1.29. The number of carbonyl (C=O) groups is 2. The third-order valence-electron chi connectivity index (χ3n) is 2.77. The lowest BCUT2D eigenvalue weighted by Crippen LogP contribution is -2.39. The normalized spacial score (nSPS) is 11.6. The zero-order valence-corrected chi connectivity index (χ0v) is 11.9. The van der Waals surface area contributed by atoms with Crippen LogP contribution in [0.15, 0.2) is 18.2 Å². The van der Waals surface area contributed by atoms with Gasteiger partial charge in [0.2, 0.25) is 0 Å². The molecule has 0 bridgehead atoms. The van der Waals surface area contributed by atoms with E-state index in [1.54, 1.807) is 0 Å². The Morgan fingerprint density at radius 3 is 2.76 bits per heavy atom. The summed E-state index contributed by atoms with van der Waals surface area (Å²) >= 11 is 0. The van der Waals surface area contributed by atoms with Gasteiger partial charge in [0, 0.05) is 13.7 Å². The molecule has 0 aromatic heterocycles. The largest absolute Gasteiger partial charge is 0.489 e. The van der Waals surface area contributed by atoms with Gasteiger partial charge >= 0.3 is 7.12 Å². The number of amides is 1. The van der Waals surface area contributed by atoms with Gasteiger partial charge < -0.3 is 24.8 Å². The molecule has 114 valence electrons. The first kappa shape index (κ1) is 17.2. The number of hydrogen-bond donors (Lipinski definition) is 3. The van der Waals surface area contributed by atoms with E-state index in [9.17, 15) is 19.6 Å². The van der Waals surface area contributed by atoms with Gasteiger partial charge in [-0.3, -0.25) is 9.59 Å². The fourth-order valence-corrected chi connectivity index (χ4v) is 1.68. The highest BCUT2D eigenvalue weighted by atomic mass is 16.5. The smallest absolute Gasteiger partial charge is 0.480 e. The van der Waals surface area contributed by atoms with Crippen LogP contribution in [0.3, 0.4) is 0 Å². The maximum Gasteiger partial charge on any atom is 0.489 e. The maximum absolute atomic E-state index is 11.8. The van der Waals surface area contributed by atoms with Crippen molar-refractivity contribution in [3.63, 3.8) is 0 Å². The Morgan fingerprint density at radius 1 is 1.48 bits per heavy atom. The fraction of sp³-hybridized carbons (Fsp3) is 0.385. The second-order valence-electron chi connectivity index (χ2n) is 4.29. The van der Waals surface area contributed by atoms with E-state index in [2.05, 4.69) is 5.32 Å². The van der Waals surface area contributed by atoms with E-state index in [1.165, 1.54) is 32.2 Å². The summed E-state index contributed by atoms with van der Waals surface area (Å²) in [5.74, 6) is -0.246. The van der Waals surface area contributed by atoms with Crippen molar-refractivity contribution in [1.29, 1.82) is 0 Å². The van der Waals surface area contributed by atoms with Gasteiger partial charge in [0.25, 0.3) is 5.91 Å². The van der Waals surface area contributed by atoms with Crippen LogP contribution in [0.4, 0.5) is 0 Å². The van der Waals surface area contributed by atoms with Crippen molar-refractivity contribution in [2.75, 3.05) is 20.3 Å². The summed E-state index contributed by atoms with van der Waals surface area (Å²) in [4.78, 5) is 22.9. The van der Waals surface area contributed by atoms with Crippen molar-refractivity contribution in [1.82, 2.24) is 5.32 Å². The number of nitrogens with one attached hydrogen (secondary N) is 1. The third kappa shape index (κ3) is 4.85. The number of carbonyl (C=O) groups excluding carboxylic acids is 2. The van der Waals surface area contributed by atoms with Gasteiger partial charge in [0.05, 0.1) is 12.2 Å². The quantitative estimate of drug-likeness (QED) is 0.313. The number of methoxy groups -OCH3 is 1. The molecule has 1 rings (SSSR count). The van der Waals surface area contributed by atoms with Crippen LogP contribution >= 0.6 is 0 Å². The molecule has 8 heteroatoms. The van der Waals surface area contributed by atoms with E-state index in [-0.39, 0.29) is 22.7 Å². The summed E-state index contributed by atoms with van der Waals surface area (Å²) in [5, 5.41) is 21.0. The molecule has 0 aliphatic heterocycles. The van der Waals surface area contributed by atoms with Gasteiger partial charge in [0.1, 0.15) is 5.75 Å². The summed E-state index contributed by atoms with van der Waals surface area (Å²) in [6.07, 6.45) is -0.383. The molecular formula is C13H18BNO6. The summed E-state index contributed by atoms with van der Waals surface area (Å²) < 4.78 is 10.2. The summed E-state index contributed by atoms with van der Waals surface area (Å²) in [6, 6.07) is 4.38. The lowest BCUT2D eigenvalue weighted by molar-refractivity contribution is -0.127. The van der Waals surface area contributed by atoms with Crippen LogP contribution in [0.25, 0.3) is 0 Å². The average molecular weight is 295 g/mol.